The van der Waals surface area contributed by atoms with Crippen LogP contribution in [-0.2, 0) is 18.9 Å². The summed E-state index contributed by atoms with van der Waals surface area (Å²) in [5.74, 6) is 0.949. The quantitative estimate of drug-likeness (QED) is 0.891. The molecule has 1 atom stereocenters. The van der Waals surface area contributed by atoms with Gasteiger partial charge in [-0.1, -0.05) is 30.3 Å². The minimum atomic E-state index is -0.346. The number of aryl methyl sites for hydroxylation is 1. The molecule has 0 aliphatic heterocycles. The maximum Gasteiger partial charge on any atom is 0.110 e. The number of hydrogen-bond acceptors (Lipinski definition) is 2. The summed E-state index contributed by atoms with van der Waals surface area (Å²) in [5.41, 5.74) is 1.22. The lowest BCUT2D eigenvalue weighted by atomic mass is 9.88. The molecule has 0 radical (unpaired) electrons. The average molecular weight is 242 g/mol. The Bertz CT molecular complexity index is 528. The van der Waals surface area contributed by atoms with Crippen LogP contribution in [0, 0.1) is 0 Å². The Morgan fingerprint density at radius 1 is 1.33 bits per heavy atom. The summed E-state index contributed by atoms with van der Waals surface area (Å²) in [6, 6.07) is 10.3. The Balaban J connectivity index is 1.81. The van der Waals surface area contributed by atoms with Gasteiger partial charge in [-0.05, 0) is 18.4 Å². The van der Waals surface area contributed by atoms with E-state index in [4.69, 9.17) is 0 Å². The fourth-order valence-electron chi connectivity index (χ4n) is 2.68. The van der Waals surface area contributed by atoms with Crippen molar-refractivity contribution in [2.45, 2.75) is 30.8 Å². The topological polar surface area (TPSA) is 38.0 Å². The van der Waals surface area contributed by atoms with Crippen LogP contribution in [0.15, 0.2) is 42.7 Å². The first-order chi connectivity index (χ1) is 8.72. The molecule has 0 spiro atoms. The van der Waals surface area contributed by atoms with Crippen LogP contribution >= 0.6 is 0 Å². The molecule has 1 fully saturated rings. The van der Waals surface area contributed by atoms with Gasteiger partial charge < -0.3 is 9.67 Å². The Morgan fingerprint density at radius 3 is 2.61 bits per heavy atom. The zero-order chi connectivity index (χ0) is 12.6. The van der Waals surface area contributed by atoms with E-state index in [2.05, 4.69) is 17.1 Å². The minimum Gasteiger partial charge on any atom is -0.392 e. The number of benzene rings is 1. The van der Waals surface area contributed by atoms with Crippen LogP contribution in [0.1, 0.15) is 24.2 Å². The average Bonchev–Trinajstić information content (AvgIpc) is 3.12. The highest BCUT2D eigenvalue weighted by molar-refractivity contribution is 5.33. The van der Waals surface area contributed by atoms with Crippen LogP contribution in [0.3, 0.4) is 0 Å². The predicted octanol–water partition coefficient (Wildman–Crippen LogP) is 2.06. The van der Waals surface area contributed by atoms with Gasteiger partial charge in [0.05, 0.1) is 6.10 Å². The van der Waals surface area contributed by atoms with Gasteiger partial charge in [0.1, 0.15) is 5.82 Å². The van der Waals surface area contributed by atoms with Gasteiger partial charge in [-0.3, -0.25) is 0 Å². The highest BCUT2D eigenvalue weighted by Gasteiger charge is 2.50. The van der Waals surface area contributed by atoms with Crippen LogP contribution < -0.4 is 0 Å². The van der Waals surface area contributed by atoms with E-state index < -0.39 is 0 Å². The highest BCUT2D eigenvalue weighted by Crippen LogP contribution is 2.51. The van der Waals surface area contributed by atoms with Crippen molar-refractivity contribution in [1.29, 1.82) is 0 Å². The second kappa shape index (κ2) is 4.25. The summed E-state index contributed by atoms with van der Waals surface area (Å²) in [5, 5.41) is 10.5. The molecule has 1 saturated carbocycles. The Kier molecular flexibility index (Phi) is 2.71. The molecule has 1 heterocycles. The predicted molar refractivity (Wildman–Crippen MR) is 70.3 cm³/mol. The lowest BCUT2D eigenvalue weighted by Crippen LogP contribution is -2.29. The third-order valence-electron chi connectivity index (χ3n) is 4.07. The molecule has 1 aromatic carbocycles. The highest BCUT2D eigenvalue weighted by atomic mass is 16.3. The van der Waals surface area contributed by atoms with E-state index in [0.717, 1.165) is 18.7 Å². The van der Waals surface area contributed by atoms with Gasteiger partial charge in [-0.15, -0.1) is 0 Å². The van der Waals surface area contributed by atoms with E-state index in [1.54, 1.807) is 6.20 Å². The maximum absolute atomic E-state index is 10.5. The molecule has 3 rings (SSSR count). The van der Waals surface area contributed by atoms with Crippen molar-refractivity contribution in [3.8, 4) is 0 Å². The van der Waals surface area contributed by atoms with Crippen LogP contribution in [0.25, 0.3) is 0 Å². The monoisotopic (exact) mass is 242 g/mol. The fourth-order valence-corrected chi connectivity index (χ4v) is 2.68. The summed E-state index contributed by atoms with van der Waals surface area (Å²) >= 11 is 0. The van der Waals surface area contributed by atoms with Crippen molar-refractivity contribution >= 4 is 0 Å². The lowest BCUT2D eigenvalue weighted by Gasteiger charge is -2.22. The molecule has 3 nitrogen and oxygen atoms in total. The van der Waals surface area contributed by atoms with Gasteiger partial charge in [0.2, 0.25) is 0 Å². The Morgan fingerprint density at radius 2 is 2.06 bits per heavy atom. The summed E-state index contributed by atoms with van der Waals surface area (Å²) in [6.07, 6.45) is 6.12. The van der Waals surface area contributed by atoms with Gasteiger partial charge in [0.15, 0.2) is 0 Å². The van der Waals surface area contributed by atoms with Gasteiger partial charge in [0, 0.05) is 31.3 Å². The summed E-state index contributed by atoms with van der Waals surface area (Å²) in [4.78, 5) is 4.29. The van der Waals surface area contributed by atoms with Crippen molar-refractivity contribution in [3.63, 3.8) is 0 Å². The SMILES string of the molecule is Cn1ccnc1CC(O)C1(c2ccccc2)CC1. The van der Waals surface area contributed by atoms with Crippen molar-refractivity contribution < 1.29 is 5.11 Å². The number of rotatable bonds is 4. The minimum absolute atomic E-state index is 0.0345. The summed E-state index contributed by atoms with van der Waals surface area (Å²) < 4.78 is 1.98. The van der Waals surface area contributed by atoms with Gasteiger partial charge >= 0.3 is 0 Å². The number of hydrogen-bond donors (Lipinski definition) is 1. The van der Waals surface area contributed by atoms with Crippen LogP contribution in [0.4, 0.5) is 0 Å². The van der Waals surface area contributed by atoms with E-state index in [1.807, 2.05) is 36.0 Å². The van der Waals surface area contributed by atoms with Crippen LogP contribution in [0.2, 0.25) is 0 Å². The van der Waals surface area contributed by atoms with E-state index in [1.165, 1.54) is 5.56 Å². The molecule has 2 aromatic rings. The van der Waals surface area contributed by atoms with Crippen molar-refractivity contribution in [1.82, 2.24) is 9.55 Å². The van der Waals surface area contributed by atoms with E-state index in [-0.39, 0.29) is 11.5 Å². The molecule has 1 aliphatic carbocycles. The van der Waals surface area contributed by atoms with Crippen molar-refractivity contribution in [2.24, 2.45) is 7.05 Å². The number of imidazole rings is 1. The first-order valence-electron chi connectivity index (χ1n) is 6.42. The molecule has 1 unspecified atom stereocenters. The number of aliphatic hydroxyl groups excluding tert-OH is 1. The van der Waals surface area contributed by atoms with Crippen molar-refractivity contribution in [3.05, 3.63) is 54.1 Å². The molecule has 0 amide bonds. The smallest absolute Gasteiger partial charge is 0.110 e. The molecular weight excluding hydrogens is 224 g/mol. The number of nitrogens with zero attached hydrogens (tertiary/aromatic N) is 2. The van der Waals surface area contributed by atoms with Gasteiger partial charge in [0.25, 0.3) is 0 Å². The zero-order valence-electron chi connectivity index (χ0n) is 10.6. The molecular formula is C15H18N2O. The second-order valence-corrected chi connectivity index (χ2v) is 5.20. The maximum atomic E-state index is 10.5. The first-order valence-corrected chi connectivity index (χ1v) is 6.42. The largest absolute Gasteiger partial charge is 0.392 e. The van der Waals surface area contributed by atoms with Gasteiger partial charge in [-0.25, -0.2) is 4.98 Å². The molecule has 1 aromatic heterocycles. The zero-order valence-corrected chi connectivity index (χ0v) is 10.6. The molecule has 18 heavy (non-hydrogen) atoms. The van der Waals surface area contributed by atoms with Crippen molar-refractivity contribution in [2.75, 3.05) is 0 Å². The van der Waals surface area contributed by atoms with Crippen LogP contribution in [-0.4, -0.2) is 20.8 Å². The molecule has 1 aliphatic rings. The van der Waals surface area contributed by atoms with E-state index in [9.17, 15) is 5.11 Å². The molecule has 0 bridgehead atoms. The molecule has 3 heteroatoms. The molecule has 94 valence electrons. The molecule has 0 saturated heterocycles. The number of aliphatic hydroxyl groups is 1. The van der Waals surface area contributed by atoms with Gasteiger partial charge in [-0.2, -0.15) is 0 Å². The standard InChI is InChI=1S/C15H18N2O/c1-17-10-9-16-14(17)11-13(18)15(7-8-15)12-5-3-2-4-6-12/h2-6,9-10,13,18H,7-8,11H2,1H3. The second-order valence-electron chi connectivity index (χ2n) is 5.20. The summed E-state index contributed by atoms with van der Waals surface area (Å²) in [7, 11) is 1.97. The van der Waals surface area contributed by atoms with E-state index >= 15 is 0 Å². The Labute approximate surface area is 107 Å². The fraction of sp³-hybridized carbons (Fsp3) is 0.400. The normalized spacial score (nSPS) is 18.6. The van der Waals surface area contributed by atoms with E-state index in [0.29, 0.717) is 6.42 Å². The first kappa shape index (κ1) is 11.5. The molecule has 1 N–H and O–H groups in total. The third-order valence-corrected chi connectivity index (χ3v) is 4.07. The Hall–Kier alpha value is -1.61. The third kappa shape index (κ3) is 1.85. The summed E-state index contributed by atoms with van der Waals surface area (Å²) in [6.45, 7) is 0. The number of aromatic nitrogens is 2. The lowest BCUT2D eigenvalue weighted by molar-refractivity contribution is 0.128. The van der Waals surface area contributed by atoms with Crippen LogP contribution in [0.5, 0.6) is 0 Å².